The molecule has 1 aliphatic rings. The van der Waals surface area contributed by atoms with Gasteiger partial charge in [-0.2, -0.15) is 0 Å². The summed E-state index contributed by atoms with van der Waals surface area (Å²) in [5.41, 5.74) is 2.36. The number of halogens is 2. The van der Waals surface area contributed by atoms with Crippen LogP contribution in [0.4, 0.5) is 5.69 Å². The number of nitrogens with one attached hydrogen (secondary N) is 1. The average Bonchev–Trinajstić information content (AvgIpc) is 2.92. The lowest BCUT2D eigenvalue weighted by molar-refractivity contribution is 0.1000. The molecule has 3 rings (SSSR count). The molecule has 0 saturated heterocycles. The van der Waals surface area contributed by atoms with Crippen molar-refractivity contribution in [1.29, 1.82) is 0 Å². The highest BCUT2D eigenvalue weighted by molar-refractivity contribution is 9.10. The number of hydrogen-bond acceptors (Lipinski definition) is 4. The fourth-order valence-corrected chi connectivity index (χ4v) is 3.27. The molecule has 1 heterocycles. The Hall–Kier alpha value is -1.85. The third kappa shape index (κ3) is 3.32. The molecule has 4 nitrogen and oxygen atoms in total. The van der Waals surface area contributed by atoms with Crippen molar-refractivity contribution >= 4 is 45.2 Å². The molecule has 1 atom stereocenters. The highest BCUT2D eigenvalue weighted by atomic mass is 79.9. The molecule has 0 spiro atoms. The van der Waals surface area contributed by atoms with E-state index in [1.807, 2.05) is 36.4 Å². The number of aliphatic imine (C=N–C) groups is 1. The van der Waals surface area contributed by atoms with E-state index in [1.165, 1.54) is 0 Å². The smallest absolute Gasteiger partial charge is 0.194 e. The van der Waals surface area contributed by atoms with Gasteiger partial charge in [0.15, 0.2) is 5.78 Å². The molecule has 0 radical (unpaired) electrons. The first-order valence-electron chi connectivity index (χ1n) is 7.52. The summed E-state index contributed by atoms with van der Waals surface area (Å²) in [4.78, 5) is 16.8. The molecule has 1 aliphatic heterocycles. The van der Waals surface area contributed by atoms with Gasteiger partial charge in [0.1, 0.15) is 11.8 Å². The van der Waals surface area contributed by atoms with Gasteiger partial charge >= 0.3 is 0 Å². The third-order valence-electron chi connectivity index (χ3n) is 3.89. The van der Waals surface area contributed by atoms with E-state index in [4.69, 9.17) is 16.3 Å². The van der Waals surface area contributed by atoms with Crippen LogP contribution >= 0.6 is 27.5 Å². The molecule has 0 aromatic heterocycles. The number of ether oxygens (including phenoxy) is 1. The van der Waals surface area contributed by atoms with Gasteiger partial charge in [0.2, 0.25) is 0 Å². The van der Waals surface area contributed by atoms with Crippen molar-refractivity contribution in [1.82, 2.24) is 0 Å². The largest absolute Gasteiger partial charge is 0.496 e. The van der Waals surface area contributed by atoms with Crippen LogP contribution in [0.2, 0.25) is 5.02 Å². The van der Waals surface area contributed by atoms with Crippen LogP contribution in [0.25, 0.3) is 0 Å². The van der Waals surface area contributed by atoms with Crippen LogP contribution in [-0.4, -0.2) is 31.7 Å². The van der Waals surface area contributed by atoms with Crippen LogP contribution in [0.1, 0.15) is 15.9 Å². The first kappa shape index (κ1) is 17.0. The molecule has 2 aromatic rings. The number of ketones is 1. The highest BCUT2D eigenvalue weighted by Gasteiger charge is 2.31. The van der Waals surface area contributed by atoms with Crippen molar-refractivity contribution in [2.75, 3.05) is 19.0 Å². The zero-order chi connectivity index (χ0) is 17.1. The van der Waals surface area contributed by atoms with E-state index in [1.54, 1.807) is 13.3 Å². The molecule has 0 saturated carbocycles. The lowest BCUT2D eigenvalue weighted by Gasteiger charge is -2.06. The van der Waals surface area contributed by atoms with Crippen LogP contribution in [0.5, 0.6) is 5.75 Å². The molecular formula is C18H16BrClN2O2. The van der Waals surface area contributed by atoms with Crippen molar-refractivity contribution in [3.63, 3.8) is 0 Å². The van der Waals surface area contributed by atoms with Crippen LogP contribution in [0.15, 0.2) is 45.9 Å². The molecular weight excluding hydrogens is 392 g/mol. The fourth-order valence-electron chi connectivity index (χ4n) is 2.68. The molecule has 0 amide bonds. The van der Waals surface area contributed by atoms with Crippen molar-refractivity contribution in [2.24, 2.45) is 4.99 Å². The lowest BCUT2D eigenvalue weighted by Crippen LogP contribution is -2.24. The minimum atomic E-state index is -0.468. The molecule has 124 valence electrons. The number of rotatable bonds is 5. The van der Waals surface area contributed by atoms with E-state index >= 15 is 0 Å². The molecule has 0 bridgehead atoms. The lowest BCUT2D eigenvalue weighted by atomic mass is 10.1. The Morgan fingerprint density at radius 1 is 1.33 bits per heavy atom. The maximum Gasteiger partial charge on any atom is 0.194 e. The van der Waals surface area contributed by atoms with Gasteiger partial charge in [-0.3, -0.25) is 9.79 Å². The van der Waals surface area contributed by atoms with Gasteiger partial charge in [-0.05, 0) is 46.1 Å². The molecule has 6 heteroatoms. The predicted molar refractivity (Wildman–Crippen MR) is 101 cm³/mol. The standard InChI is InChI=1S/C18H16BrClN2O2/c1-24-15-5-3-2-4-11(15)8-9-21-10-14-18(23)16-13(22-14)7-6-12(19)17(16)20/h2-7,10,14,22H,8-9H2,1H3. The molecule has 1 unspecified atom stereocenters. The fraction of sp³-hybridized carbons (Fsp3) is 0.222. The molecule has 1 N–H and O–H groups in total. The second-order valence-electron chi connectivity index (χ2n) is 5.39. The summed E-state index contributed by atoms with van der Waals surface area (Å²) in [6.45, 7) is 0.583. The monoisotopic (exact) mass is 406 g/mol. The summed E-state index contributed by atoms with van der Waals surface area (Å²) in [6.07, 6.45) is 2.41. The zero-order valence-electron chi connectivity index (χ0n) is 13.1. The van der Waals surface area contributed by atoms with Gasteiger partial charge in [-0.15, -0.1) is 0 Å². The quantitative estimate of drug-likeness (QED) is 0.747. The average molecular weight is 408 g/mol. The minimum absolute atomic E-state index is 0.0580. The highest BCUT2D eigenvalue weighted by Crippen LogP contribution is 2.36. The Morgan fingerprint density at radius 2 is 2.12 bits per heavy atom. The topological polar surface area (TPSA) is 50.7 Å². The first-order valence-corrected chi connectivity index (χ1v) is 8.69. The Bertz CT molecular complexity index is 808. The Balaban J connectivity index is 1.64. The summed E-state index contributed by atoms with van der Waals surface area (Å²) >= 11 is 9.55. The van der Waals surface area contributed by atoms with Crippen LogP contribution < -0.4 is 10.1 Å². The number of carbonyl (C=O) groups is 1. The van der Waals surface area contributed by atoms with Crippen LogP contribution in [0, 0.1) is 0 Å². The molecule has 2 aromatic carbocycles. The van der Waals surface area contributed by atoms with Gasteiger partial charge in [0.25, 0.3) is 0 Å². The normalized spacial score (nSPS) is 16.3. The van der Waals surface area contributed by atoms with E-state index < -0.39 is 6.04 Å². The van der Waals surface area contributed by atoms with Crippen LogP contribution in [0.3, 0.4) is 0 Å². The Labute approximate surface area is 154 Å². The Kier molecular flexibility index (Phi) is 5.21. The van der Waals surface area contributed by atoms with Gasteiger partial charge in [-0.1, -0.05) is 29.8 Å². The van der Waals surface area contributed by atoms with Gasteiger partial charge in [-0.25, -0.2) is 0 Å². The Morgan fingerprint density at radius 3 is 2.92 bits per heavy atom. The molecule has 0 aliphatic carbocycles. The van der Waals surface area contributed by atoms with E-state index in [-0.39, 0.29) is 5.78 Å². The second kappa shape index (κ2) is 7.36. The SMILES string of the molecule is COc1ccccc1CCN=CC1Nc2ccc(Br)c(Cl)c2C1=O. The van der Waals surface area contributed by atoms with Crippen LogP contribution in [-0.2, 0) is 6.42 Å². The number of Topliss-reactive ketones (excluding diaryl/α,β-unsaturated/α-hetero) is 1. The number of para-hydroxylation sites is 1. The number of methoxy groups -OCH3 is 1. The number of benzene rings is 2. The summed E-state index contributed by atoms with van der Waals surface area (Å²) < 4.78 is 6.04. The van der Waals surface area contributed by atoms with E-state index in [2.05, 4.69) is 26.2 Å². The number of nitrogens with zero attached hydrogens (tertiary/aromatic N) is 1. The summed E-state index contributed by atoms with van der Waals surface area (Å²) in [6, 6.07) is 11.0. The van der Waals surface area contributed by atoms with Gasteiger partial charge < -0.3 is 10.1 Å². The number of anilines is 1. The van der Waals surface area contributed by atoms with Crippen molar-refractivity contribution in [3.05, 3.63) is 57.0 Å². The predicted octanol–water partition coefficient (Wildman–Crippen LogP) is 4.40. The van der Waals surface area contributed by atoms with Gasteiger partial charge in [0, 0.05) is 22.9 Å². The van der Waals surface area contributed by atoms with Crippen molar-refractivity contribution in [3.8, 4) is 5.75 Å². The minimum Gasteiger partial charge on any atom is -0.496 e. The summed E-state index contributed by atoms with van der Waals surface area (Å²) in [7, 11) is 1.66. The molecule has 0 fully saturated rings. The third-order valence-corrected chi connectivity index (χ3v) is 5.17. The summed E-state index contributed by atoms with van der Waals surface area (Å²) in [5.74, 6) is 0.796. The van der Waals surface area contributed by atoms with Crippen molar-refractivity contribution in [2.45, 2.75) is 12.5 Å². The van der Waals surface area contributed by atoms with Crippen molar-refractivity contribution < 1.29 is 9.53 Å². The first-order chi connectivity index (χ1) is 11.6. The van der Waals surface area contributed by atoms with E-state index in [9.17, 15) is 4.79 Å². The number of carbonyl (C=O) groups excluding carboxylic acids is 1. The zero-order valence-corrected chi connectivity index (χ0v) is 15.4. The molecule has 24 heavy (non-hydrogen) atoms. The summed E-state index contributed by atoms with van der Waals surface area (Å²) in [5, 5.41) is 3.58. The van der Waals surface area contributed by atoms with Gasteiger partial charge in [0.05, 0.1) is 17.7 Å². The van der Waals surface area contributed by atoms with E-state index in [0.717, 1.165) is 23.4 Å². The maximum atomic E-state index is 12.5. The second-order valence-corrected chi connectivity index (χ2v) is 6.62. The number of hydrogen-bond donors (Lipinski definition) is 1. The number of fused-ring (bicyclic) bond motifs is 1. The maximum absolute atomic E-state index is 12.5. The van der Waals surface area contributed by atoms with E-state index in [0.29, 0.717) is 21.6 Å².